The maximum Gasteiger partial charge on any atom is 0.0916 e. The number of hydrogen-bond acceptors (Lipinski definition) is 3. The summed E-state index contributed by atoms with van der Waals surface area (Å²) in [6.45, 7) is 10.7. The smallest absolute Gasteiger partial charge is 0.0916 e. The third-order valence-electron chi connectivity index (χ3n) is 3.77. The van der Waals surface area contributed by atoms with Gasteiger partial charge in [0.2, 0.25) is 0 Å². The minimum absolute atomic E-state index is 0.427. The van der Waals surface area contributed by atoms with Crippen LogP contribution in [0.25, 0.3) is 0 Å². The van der Waals surface area contributed by atoms with Crippen LogP contribution in [0.5, 0.6) is 0 Å². The first-order valence-corrected chi connectivity index (χ1v) is 7.80. The fourth-order valence-corrected chi connectivity index (χ4v) is 2.83. The van der Waals surface area contributed by atoms with Crippen LogP contribution in [0.1, 0.15) is 25.5 Å². The molecule has 4 heteroatoms. The van der Waals surface area contributed by atoms with Crippen LogP contribution < -0.4 is 0 Å². The summed E-state index contributed by atoms with van der Waals surface area (Å²) in [5, 5.41) is 11.0. The van der Waals surface area contributed by atoms with E-state index >= 15 is 0 Å². The van der Waals surface area contributed by atoms with E-state index in [0.717, 1.165) is 37.7 Å². The minimum Gasteiger partial charge on any atom is -0.387 e. The van der Waals surface area contributed by atoms with Crippen LogP contribution in [0.3, 0.4) is 0 Å². The van der Waals surface area contributed by atoms with Gasteiger partial charge in [0, 0.05) is 44.3 Å². The lowest BCUT2D eigenvalue weighted by atomic mass is 10.1. The highest BCUT2D eigenvalue weighted by Crippen LogP contribution is 2.18. The van der Waals surface area contributed by atoms with Gasteiger partial charge in [-0.15, -0.1) is 0 Å². The quantitative estimate of drug-likeness (QED) is 0.905. The molecular formula is C16H25ClN2O. The van der Waals surface area contributed by atoms with Crippen LogP contribution in [0.15, 0.2) is 24.3 Å². The molecule has 0 spiro atoms. The fourth-order valence-electron chi connectivity index (χ4n) is 2.71. The molecule has 1 saturated heterocycles. The van der Waals surface area contributed by atoms with Gasteiger partial charge in [-0.05, 0) is 23.6 Å². The van der Waals surface area contributed by atoms with Crippen molar-refractivity contribution in [3.05, 3.63) is 34.9 Å². The zero-order valence-corrected chi connectivity index (χ0v) is 13.2. The van der Waals surface area contributed by atoms with E-state index in [1.807, 2.05) is 24.3 Å². The molecule has 1 aromatic carbocycles. The number of benzene rings is 1. The van der Waals surface area contributed by atoms with E-state index in [0.29, 0.717) is 11.6 Å². The number of nitrogens with zero attached hydrogens (tertiary/aromatic N) is 2. The first-order valence-electron chi connectivity index (χ1n) is 7.43. The van der Waals surface area contributed by atoms with Crippen LogP contribution in [-0.4, -0.2) is 54.2 Å². The van der Waals surface area contributed by atoms with Crippen LogP contribution in [-0.2, 0) is 0 Å². The predicted octanol–water partition coefficient (Wildman–Crippen LogP) is 2.65. The number of hydrogen-bond donors (Lipinski definition) is 1. The molecule has 1 heterocycles. The molecule has 1 aliphatic heterocycles. The van der Waals surface area contributed by atoms with Gasteiger partial charge in [-0.2, -0.15) is 0 Å². The molecule has 0 aromatic heterocycles. The Labute approximate surface area is 127 Å². The second-order valence-electron chi connectivity index (χ2n) is 6.06. The largest absolute Gasteiger partial charge is 0.387 e. The number of piperazine rings is 1. The summed E-state index contributed by atoms with van der Waals surface area (Å²) in [7, 11) is 0. The summed E-state index contributed by atoms with van der Waals surface area (Å²) in [6, 6.07) is 7.48. The molecule has 0 amide bonds. The van der Waals surface area contributed by atoms with E-state index in [1.54, 1.807) is 0 Å². The van der Waals surface area contributed by atoms with E-state index in [9.17, 15) is 5.11 Å². The second kappa shape index (κ2) is 7.41. The average Bonchev–Trinajstić information content (AvgIpc) is 2.41. The Morgan fingerprint density at radius 2 is 1.50 bits per heavy atom. The topological polar surface area (TPSA) is 26.7 Å². The van der Waals surface area contributed by atoms with Gasteiger partial charge >= 0.3 is 0 Å². The normalized spacial score (nSPS) is 19.4. The van der Waals surface area contributed by atoms with Crippen LogP contribution >= 0.6 is 11.6 Å². The van der Waals surface area contributed by atoms with Crippen molar-refractivity contribution in [2.45, 2.75) is 20.0 Å². The van der Waals surface area contributed by atoms with Gasteiger partial charge < -0.3 is 10.0 Å². The monoisotopic (exact) mass is 296 g/mol. The molecule has 2 rings (SSSR count). The first kappa shape index (κ1) is 15.8. The van der Waals surface area contributed by atoms with Crippen molar-refractivity contribution < 1.29 is 5.11 Å². The Morgan fingerprint density at radius 3 is 2.00 bits per heavy atom. The van der Waals surface area contributed by atoms with Crippen LogP contribution in [0, 0.1) is 5.92 Å². The summed E-state index contributed by atoms with van der Waals surface area (Å²) in [6.07, 6.45) is -0.427. The van der Waals surface area contributed by atoms with Crippen molar-refractivity contribution in [3.63, 3.8) is 0 Å². The van der Waals surface area contributed by atoms with Crippen molar-refractivity contribution >= 4 is 11.6 Å². The van der Waals surface area contributed by atoms with E-state index < -0.39 is 6.10 Å². The molecule has 1 aromatic rings. The molecule has 112 valence electrons. The van der Waals surface area contributed by atoms with Crippen molar-refractivity contribution in [2.75, 3.05) is 39.3 Å². The second-order valence-corrected chi connectivity index (χ2v) is 6.50. The number of aliphatic hydroxyl groups is 1. The van der Waals surface area contributed by atoms with Crippen LogP contribution in [0.2, 0.25) is 5.02 Å². The lowest BCUT2D eigenvalue weighted by Gasteiger charge is -2.36. The van der Waals surface area contributed by atoms with E-state index in [4.69, 9.17) is 11.6 Å². The number of rotatable bonds is 5. The average molecular weight is 297 g/mol. The molecule has 1 N–H and O–H groups in total. The molecule has 0 bridgehead atoms. The molecule has 0 saturated carbocycles. The molecule has 0 unspecified atom stereocenters. The van der Waals surface area contributed by atoms with Gasteiger partial charge in [0.15, 0.2) is 0 Å². The molecule has 1 atom stereocenters. The Balaban J connectivity index is 1.79. The summed E-state index contributed by atoms with van der Waals surface area (Å²) in [4.78, 5) is 4.85. The van der Waals surface area contributed by atoms with Gasteiger partial charge in [-0.25, -0.2) is 0 Å². The Bertz CT molecular complexity index is 399. The van der Waals surface area contributed by atoms with E-state index in [2.05, 4.69) is 23.6 Å². The molecule has 3 nitrogen and oxygen atoms in total. The Morgan fingerprint density at radius 1 is 1.00 bits per heavy atom. The number of aliphatic hydroxyl groups excluding tert-OH is 1. The summed E-state index contributed by atoms with van der Waals surface area (Å²) < 4.78 is 0. The maximum atomic E-state index is 10.3. The molecule has 0 radical (unpaired) electrons. The predicted molar refractivity (Wildman–Crippen MR) is 84.1 cm³/mol. The zero-order chi connectivity index (χ0) is 14.5. The Kier molecular flexibility index (Phi) is 5.85. The lowest BCUT2D eigenvalue weighted by Crippen LogP contribution is -2.48. The summed E-state index contributed by atoms with van der Waals surface area (Å²) in [5.41, 5.74) is 0.944. The van der Waals surface area contributed by atoms with Crippen LogP contribution in [0.4, 0.5) is 0 Å². The fraction of sp³-hybridized carbons (Fsp3) is 0.625. The number of halogens is 1. The lowest BCUT2D eigenvalue weighted by molar-refractivity contribution is 0.0687. The summed E-state index contributed by atoms with van der Waals surface area (Å²) >= 11 is 5.87. The molecule has 0 aliphatic carbocycles. The molecule has 20 heavy (non-hydrogen) atoms. The highest BCUT2D eigenvalue weighted by atomic mass is 35.5. The SMILES string of the molecule is CC(C)CN1CCN(C[C@H](O)c2ccc(Cl)cc2)CC1. The van der Waals surface area contributed by atoms with Gasteiger partial charge in [0.25, 0.3) is 0 Å². The third kappa shape index (κ3) is 4.74. The highest BCUT2D eigenvalue weighted by Gasteiger charge is 2.20. The first-order chi connectivity index (χ1) is 9.54. The molecule has 1 fully saturated rings. The maximum absolute atomic E-state index is 10.3. The van der Waals surface area contributed by atoms with Crippen molar-refractivity contribution in [2.24, 2.45) is 5.92 Å². The van der Waals surface area contributed by atoms with Gasteiger partial charge in [-0.3, -0.25) is 4.90 Å². The molecule has 1 aliphatic rings. The molecular weight excluding hydrogens is 272 g/mol. The highest BCUT2D eigenvalue weighted by molar-refractivity contribution is 6.30. The van der Waals surface area contributed by atoms with Crippen molar-refractivity contribution in [1.82, 2.24) is 9.80 Å². The summed E-state index contributed by atoms with van der Waals surface area (Å²) in [5.74, 6) is 0.723. The van der Waals surface area contributed by atoms with Crippen molar-refractivity contribution in [1.29, 1.82) is 0 Å². The van der Waals surface area contributed by atoms with Crippen molar-refractivity contribution in [3.8, 4) is 0 Å². The minimum atomic E-state index is -0.427. The van der Waals surface area contributed by atoms with E-state index in [-0.39, 0.29) is 0 Å². The van der Waals surface area contributed by atoms with Gasteiger partial charge in [0.1, 0.15) is 0 Å². The van der Waals surface area contributed by atoms with E-state index in [1.165, 1.54) is 6.54 Å². The standard InChI is InChI=1S/C16H25ClN2O/c1-13(2)11-18-7-9-19(10-8-18)12-16(20)14-3-5-15(17)6-4-14/h3-6,13,16,20H,7-12H2,1-2H3/t16-/m0/s1. The van der Waals surface area contributed by atoms with Gasteiger partial charge in [-0.1, -0.05) is 37.6 Å². The van der Waals surface area contributed by atoms with Gasteiger partial charge in [0.05, 0.1) is 6.10 Å². The zero-order valence-electron chi connectivity index (χ0n) is 12.4. The Hall–Kier alpha value is -0.610. The number of β-amino-alcohol motifs (C(OH)–C–C–N with tert-alkyl or cyclic N) is 1. The third-order valence-corrected chi connectivity index (χ3v) is 4.03.